The fourth-order valence-electron chi connectivity index (χ4n) is 3.71. The van der Waals surface area contributed by atoms with Crippen LogP contribution >= 0.6 is 11.3 Å². The molecule has 6 heteroatoms. The van der Waals surface area contributed by atoms with Crippen molar-refractivity contribution in [3.8, 4) is 0 Å². The molecule has 1 saturated heterocycles. The summed E-state index contributed by atoms with van der Waals surface area (Å²) in [4.78, 5) is 19.1. The molecule has 3 heterocycles. The summed E-state index contributed by atoms with van der Waals surface area (Å²) < 4.78 is 6.13. The Kier molecular flexibility index (Phi) is 4.25. The van der Waals surface area contributed by atoms with E-state index in [1.54, 1.807) is 11.3 Å². The summed E-state index contributed by atoms with van der Waals surface area (Å²) in [5.41, 5.74) is 3.09. The summed E-state index contributed by atoms with van der Waals surface area (Å²) in [7, 11) is 0. The molecule has 2 aliphatic rings. The molecule has 1 N–H and O–H groups in total. The number of ether oxygens (including phenoxy) is 1. The number of aryl methyl sites for hydroxylation is 1. The zero-order valence-corrected chi connectivity index (χ0v) is 15.4. The van der Waals surface area contributed by atoms with Crippen LogP contribution in [0.2, 0.25) is 0 Å². The van der Waals surface area contributed by atoms with Crippen molar-refractivity contribution >= 4 is 17.4 Å². The second-order valence-corrected chi connectivity index (χ2v) is 7.75. The van der Waals surface area contributed by atoms with Crippen LogP contribution in [0.4, 0.5) is 4.79 Å². The molecule has 1 fully saturated rings. The van der Waals surface area contributed by atoms with Gasteiger partial charge in [0, 0.05) is 18.3 Å². The van der Waals surface area contributed by atoms with Gasteiger partial charge in [0.15, 0.2) is 0 Å². The lowest BCUT2D eigenvalue weighted by Gasteiger charge is -2.25. The number of fused-ring (bicyclic) bond motifs is 2. The van der Waals surface area contributed by atoms with E-state index in [-0.39, 0.29) is 17.7 Å². The van der Waals surface area contributed by atoms with Crippen molar-refractivity contribution in [1.29, 1.82) is 0 Å². The number of thiazole rings is 1. The molecular weight excluding hydrogens is 334 g/mol. The largest absolute Gasteiger partial charge is 0.364 e. The lowest BCUT2D eigenvalue weighted by atomic mass is 9.92. The molecule has 1 aromatic heterocycles. The molecule has 25 heavy (non-hydrogen) atoms. The maximum absolute atomic E-state index is 12.7. The molecule has 2 amide bonds. The Morgan fingerprint density at radius 3 is 3.12 bits per heavy atom. The molecule has 1 aromatic carbocycles. The summed E-state index contributed by atoms with van der Waals surface area (Å²) in [6.45, 7) is 6.04. The Morgan fingerprint density at radius 2 is 2.32 bits per heavy atom. The van der Waals surface area contributed by atoms with E-state index in [2.05, 4.69) is 29.4 Å². The monoisotopic (exact) mass is 357 g/mol. The molecule has 0 saturated carbocycles. The Balaban J connectivity index is 1.43. The predicted molar refractivity (Wildman–Crippen MR) is 97.5 cm³/mol. The van der Waals surface area contributed by atoms with Crippen molar-refractivity contribution < 1.29 is 9.53 Å². The predicted octanol–water partition coefficient (Wildman–Crippen LogP) is 3.61. The number of benzene rings is 1. The SMILES string of the molecule is CCc1nc(C(C)NC(=O)N2CCC3(C2)OCc2ccccc23)cs1. The van der Waals surface area contributed by atoms with Crippen molar-refractivity contribution in [1.82, 2.24) is 15.2 Å². The second kappa shape index (κ2) is 6.42. The highest BCUT2D eigenvalue weighted by atomic mass is 32.1. The molecule has 1 spiro atoms. The van der Waals surface area contributed by atoms with E-state index in [1.807, 2.05) is 29.3 Å². The van der Waals surface area contributed by atoms with Gasteiger partial charge in [0.05, 0.1) is 29.9 Å². The number of urea groups is 1. The number of aromatic nitrogens is 1. The van der Waals surface area contributed by atoms with Crippen LogP contribution in [0, 0.1) is 0 Å². The van der Waals surface area contributed by atoms with Crippen LogP contribution in [0.15, 0.2) is 29.6 Å². The first-order chi connectivity index (χ1) is 12.1. The van der Waals surface area contributed by atoms with Crippen LogP contribution in [-0.4, -0.2) is 29.0 Å². The third kappa shape index (κ3) is 2.93. The fourth-order valence-corrected chi connectivity index (χ4v) is 4.55. The van der Waals surface area contributed by atoms with Crippen LogP contribution in [0.5, 0.6) is 0 Å². The summed E-state index contributed by atoms with van der Waals surface area (Å²) >= 11 is 1.65. The highest BCUT2D eigenvalue weighted by molar-refractivity contribution is 7.09. The number of carbonyl (C=O) groups excluding carboxylic acids is 1. The highest BCUT2D eigenvalue weighted by Crippen LogP contribution is 2.43. The normalized spacial score (nSPS) is 23.0. The summed E-state index contributed by atoms with van der Waals surface area (Å²) in [6, 6.07) is 8.21. The van der Waals surface area contributed by atoms with E-state index < -0.39 is 0 Å². The molecule has 5 nitrogen and oxygen atoms in total. The number of likely N-dealkylation sites (tertiary alicyclic amines) is 1. The van der Waals surface area contributed by atoms with E-state index in [4.69, 9.17) is 4.74 Å². The summed E-state index contributed by atoms with van der Waals surface area (Å²) in [6.07, 6.45) is 1.78. The number of carbonyl (C=O) groups is 1. The molecule has 4 rings (SSSR count). The zero-order chi connectivity index (χ0) is 17.4. The number of nitrogens with zero attached hydrogens (tertiary/aromatic N) is 2. The van der Waals surface area contributed by atoms with Gasteiger partial charge in [-0.15, -0.1) is 11.3 Å². The number of hydrogen-bond acceptors (Lipinski definition) is 4. The third-order valence-electron chi connectivity index (χ3n) is 5.19. The average Bonchev–Trinajstić information content (AvgIpc) is 3.35. The number of rotatable bonds is 3. The van der Waals surface area contributed by atoms with Gasteiger partial charge in [-0.05, 0) is 24.5 Å². The van der Waals surface area contributed by atoms with Crippen molar-refractivity contribution in [3.05, 3.63) is 51.5 Å². The van der Waals surface area contributed by atoms with E-state index in [0.29, 0.717) is 19.7 Å². The van der Waals surface area contributed by atoms with Crippen molar-refractivity contribution in [2.75, 3.05) is 13.1 Å². The van der Waals surface area contributed by atoms with Crippen molar-refractivity contribution in [2.45, 2.75) is 44.9 Å². The van der Waals surface area contributed by atoms with Gasteiger partial charge in [-0.2, -0.15) is 0 Å². The van der Waals surface area contributed by atoms with Crippen molar-refractivity contribution in [3.63, 3.8) is 0 Å². The van der Waals surface area contributed by atoms with Gasteiger partial charge in [0.25, 0.3) is 0 Å². The first-order valence-electron chi connectivity index (χ1n) is 8.83. The quantitative estimate of drug-likeness (QED) is 0.913. The summed E-state index contributed by atoms with van der Waals surface area (Å²) in [5.74, 6) is 0. The smallest absolute Gasteiger partial charge is 0.318 e. The first-order valence-corrected chi connectivity index (χ1v) is 9.71. The highest BCUT2D eigenvalue weighted by Gasteiger charge is 2.46. The molecule has 132 valence electrons. The second-order valence-electron chi connectivity index (χ2n) is 6.80. The van der Waals surface area contributed by atoms with Crippen molar-refractivity contribution in [2.24, 2.45) is 0 Å². The van der Waals surface area contributed by atoms with Crippen LogP contribution < -0.4 is 5.32 Å². The van der Waals surface area contributed by atoms with Gasteiger partial charge in [-0.25, -0.2) is 9.78 Å². The molecule has 2 aliphatic heterocycles. The number of amides is 2. The van der Waals surface area contributed by atoms with Gasteiger partial charge >= 0.3 is 6.03 Å². The molecule has 2 aromatic rings. The molecule has 2 atom stereocenters. The molecule has 0 bridgehead atoms. The topological polar surface area (TPSA) is 54.5 Å². The Hall–Kier alpha value is -1.92. The number of hydrogen-bond donors (Lipinski definition) is 1. The number of nitrogens with one attached hydrogen (secondary N) is 1. The summed E-state index contributed by atoms with van der Waals surface area (Å²) in [5, 5.41) is 6.22. The van der Waals surface area contributed by atoms with Gasteiger partial charge in [0.2, 0.25) is 0 Å². The van der Waals surface area contributed by atoms with Gasteiger partial charge < -0.3 is 15.0 Å². The third-order valence-corrected chi connectivity index (χ3v) is 6.20. The van der Waals surface area contributed by atoms with Gasteiger partial charge in [-0.1, -0.05) is 31.2 Å². The standard InChI is InChI=1S/C19H23N3O2S/c1-3-17-21-16(11-25-17)13(2)20-18(23)22-9-8-19(12-22)15-7-5-4-6-14(15)10-24-19/h4-7,11,13H,3,8-10,12H2,1-2H3,(H,20,23). The fraction of sp³-hybridized carbons (Fsp3) is 0.474. The minimum absolute atomic E-state index is 0.0385. The van der Waals surface area contributed by atoms with Crippen LogP contribution in [0.3, 0.4) is 0 Å². The Morgan fingerprint density at radius 1 is 1.48 bits per heavy atom. The van der Waals surface area contributed by atoms with E-state index >= 15 is 0 Å². The Labute approximate surface area is 152 Å². The zero-order valence-electron chi connectivity index (χ0n) is 14.6. The van der Waals surface area contributed by atoms with E-state index in [9.17, 15) is 4.79 Å². The van der Waals surface area contributed by atoms with Crippen LogP contribution in [-0.2, 0) is 23.4 Å². The van der Waals surface area contributed by atoms with Gasteiger partial charge in [-0.3, -0.25) is 0 Å². The first kappa shape index (κ1) is 16.5. The minimum atomic E-state index is -0.326. The maximum Gasteiger partial charge on any atom is 0.318 e. The minimum Gasteiger partial charge on any atom is -0.364 e. The molecule has 0 aliphatic carbocycles. The van der Waals surface area contributed by atoms with Crippen LogP contribution in [0.25, 0.3) is 0 Å². The van der Waals surface area contributed by atoms with Gasteiger partial charge in [0.1, 0.15) is 5.60 Å². The lowest BCUT2D eigenvalue weighted by molar-refractivity contribution is -0.0272. The molecule has 0 radical (unpaired) electrons. The molecular formula is C19H23N3O2S. The van der Waals surface area contributed by atoms with Crippen LogP contribution in [0.1, 0.15) is 48.1 Å². The maximum atomic E-state index is 12.7. The lowest BCUT2D eigenvalue weighted by Crippen LogP contribution is -2.41. The van der Waals surface area contributed by atoms with E-state index in [0.717, 1.165) is 23.5 Å². The molecule has 2 unspecified atom stereocenters. The average molecular weight is 357 g/mol. The Bertz CT molecular complexity index is 790. The van der Waals surface area contributed by atoms with E-state index in [1.165, 1.54) is 11.1 Å².